The fourth-order valence-electron chi connectivity index (χ4n) is 5.66. The van der Waals surface area contributed by atoms with Crippen LogP contribution in [0.2, 0.25) is 0 Å². The molecule has 2 atom stereocenters. The van der Waals surface area contributed by atoms with Crippen LogP contribution in [0.4, 0.5) is 16.2 Å². The van der Waals surface area contributed by atoms with Crippen LogP contribution < -0.4 is 16.2 Å². The highest BCUT2D eigenvalue weighted by Crippen LogP contribution is 2.36. The lowest BCUT2D eigenvalue weighted by atomic mass is 9.93. The number of ether oxygens (including phenoxy) is 1. The number of aryl methyl sites for hydroxylation is 1. The average molecular weight is 616 g/mol. The van der Waals surface area contributed by atoms with E-state index in [0.717, 1.165) is 11.1 Å². The maximum atomic E-state index is 14.2. The number of amides is 2. The molecule has 0 saturated heterocycles. The third kappa shape index (κ3) is 5.77. The van der Waals surface area contributed by atoms with E-state index in [1.54, 1.807) is 31.3 Å². The molecule has 0 unspecified atom stereocenters. The van der Waals surface area contributed by atoms with Crippen LogP contribution in [0.25, 0.3) is 10.9 Å². The zero-order valence-electron chi connectivity index (χ0n) is 24.6. The number of carbonyl (C=O) groups is 2. The fraction of sp³-hybridized carbons (Fsp3) is 0.312. The van der Waals surface area contributed by atoms with Crippen LogP contribution in [0.3, 0.4) is 0 Å². The summed E-state index contributed by atoms with van der Waals surface area (Å²) in [5.74, 6) is -0.446. The van der Waals surface area contributed by atoms with Crippen LogP contribution in [0, 0.1) is 6.92 Å². The highest BCUT2D eigenvalue weighted by molar-refractivity contribution is 7.92. The molecule has 2 aliphatic heterocycles. The molecule has 2 amide bonds. The maximum absolute atomic E-state index is 14.2. The van der Waals surface area contributed by atoms with E-state index < -0.39 is 27.2 Å². The van der Waals surface area contributed by atoms with Crippen molar-refractivity contribution in [1.82, 2.24) is 14.9 Å². The summed E-state index contributed by atoms with van der Waals surface area (Å²) in [4.78, 5) is 47.7. The molecular formula is C32H33N5O6S. The van der Waals surface area contributed by atoms with Crippen molar-refractivity contribution in [2.24, 2.45) is 0 Å². The number of benzene rings is 3. The number of sulfone groups is 1. The molecule has 1 aromatic heterocycles. The molecule has 11 nitrogen and oxygen atoms in total. The smallest absolute Gasteiger partial charge is 0.411 e. The van der Waals surface area contributed by atoms with Gasteiger partial charge in [-0.05, 0) is 78.4 Å². The first kappa shape index (κ1) is 29.4. The topological polar surface area (TPSA) is 151 Å². The van der Waals surface area contributed by atoms with Crippen molar-refractivity contribution >= 4 is 44.1 Å². The summed E-state index contributed by atoms with van der Waals surface area (Å²) in [6, 6.07) is 14.6. The Kier molecular flexibility index (Phi) is 7.62. The van der Waals surface area contributed by atoms with E-state index in [1.807, 2.05) is 32.0 Å². The van der Waals surface area contributed by atoms with Gasteiger partial charge in [0.25, 0.3) is 5.56 Å². The molecule has 0 radical (unpaired) electrons. The minimum atomic E-state index is -3.61. The molecule has 4 bridgehead atoms. The third-order valence-corrected chi connectivity index (χ3v) is 10.5. The van der Waals surface area contributed by atoms with E-state index >= 15 is 0 Å². The van der Waals surface area contributed by atoms with Crippen LogP contribution in [0.5, 0.6) is 0 Å². The first-order valence-electron chi connectivity index (χ1n) is 14.4. The lowest BCUT2D eigenvalue weighted by molar-refractivity contribution is -0.131. The van der Waals surface area contributed by atoms with Crippen LogP contribution in [0.15, 0.2) is 70.6 Å². The molecule has 3 aliphatic rings. The molecule has 7 rings (SSSR count). The molecule has 1 fully saturated rings. The fourth-order valence-corrected chi connectivity index (χ4v) is 7.52. The highest BCUT2D eigenvalue weighted by Gasteiger charge is 2.38. The van der Waals surface area contributed by atoms with Crippen molar-refractivity contribution in [2.45, 2.75) is 55.3 Å². The zero-order chi connectivity index (χ0) is 31.2. The first-order valence-corrected chi connectivity index (χ1v) is 16.0. The van der Waals surface area contributed by atoms with Gasteiger partial charge < -0.3 is 19.9 Å². The maximum Gasteiger partial charge on any atom is 0.411 e. The van der Waals surface area contributed by atoms with Gasteiger partial charge in [0.15, 0.2) is 9.84 Å². The van der Waals surface area contributed by atoms with Gasteiger partial charge in [0.05, 0.1) is 34.0 Å². The zero-order valence-corrected chi connectivity index (χ0v) is 25.4. The first-order chi connectivity index (χ1) is 21.0. The summed E-state index contributed by atoms with van der Waals surface area (Å²) >= 11 is 0. The standard InChI is InChI=1S/C32H33N5O6S/c1-18-12-20-4-9-25(18)19(2)16-43-32(40)36-22-6-11-28(44(41,42)24-7-8-24)21(13-22)15-37(3)31(39)29(20)35-23-5-10-27-26(14-23)30(38)34-17-33-27/h4-6,9-14,17,19,24,29,35H,7-8,15-16H2,1-3H3,(H,36,40)(H,33,34,38)/t19-,29+/m0/s1. The van der Waals surface area contributed by atoms with Gasteiger partial charge in [0.1, 0.15) is 6.04 Å². The predicted molar refractivity (Wildman–Crippen MR) is 166 cm³/mol. The number of hydrogen-bond donors (Lipinski definition) is 3. The second kappa shape index (κ2) is 11.4. The number of nitrogens with one attached hydrogen (secondary N) is 3. The number of fused-ring (bicyclic) bond motifs is 10. The summed E-state index contributed by atoms with van der Waals surface area (Å²) in [6.07, 6.45) is 1.87. The van der Waals surface area contributed by atoms with Gasteiger partial charge in [0, 0.05) is 30.9 Å². The molecule has 3 N–H and O–H groups in total. The molecule has 1 aliphatic carbocycles. The number of nitrogens with zero attached hydrogens (tertiary/aromatic N) is 2. The highest BCUT2D eigenvalue weighted by atomic mass is 32.2. The number of anilines is 2. The summed E-state index contributed by atoms with van der Waals surface area (Å²) in [6.45, 7) is 3.97. The number of rotatable bonds is 4. The van der Waals surface area contributed by atoms with Crippen molar-refractivity contribution in [3.63, 3.8) is 0 Å². The molecular weight excluding hydrogens is 582 g/mol. The Balaban J connectivity index is 1.44. The molecule has 12 heteroatoms. The van der Waals surface area contributed by atoms with Crippen molar-refractivity contribution in [3.05, 3.63) is 93.5 Å². The van der Waals surface area contributed by atoms with Gasteiger partial charge in [0.2, 0.25) is 5.91 Å². The van der Waals surface area contributed by atoms with Gasteiger partial charge in [-0.1, -0.05) is 25.1 Å². The van der Waals surface area contributed by atoms with Gasteiger partial charge in [-0.3, -0.25) is 14.9 Å². The van der Waals surface area contributed by atoms with E-state index in [2.05, 4.69) is 20.6 Å². The summed E-state index contributed by atoms with van der Waals surface area (Å²) in [5.41, 5.74) is 4.08. The van der Waals surface area contributed by atoms with Crippen LogP contribution in [0.1, 0.15) is 54.0 Å². The van der Waals surface area contributed by atoms with Crippen LogP contribution >= 0.6 is 0 Å². The van der Waals surface area contributed by atoms with E-state index in [4.69, 9.17) is 4.74 Å². The number of aromatic nitrogens is 2. The molecule has 1 saturated carbocycles. The van der Waals surface area contributed by atoms with Crippen LogP contribution in [-0.2, 0) is 25.9 Å². The molecule has 228 valence electrons. The molecule has 4 aromatic rings. The summed E-state index contributed by atoms with van der Waals surface area (Å²) in [7, 11) is -2.00. The normalized spacial score (nSPS) is 19.5. The second-order valence-corrected chi connectivity index (χ2v) is 13.7. The van der Waals surface area contributed by atoms with E-state index in [0.29, 0.717) is 46.2 Å². The van der Waals surface area contributed by atoms with E-state index in [9.17, 15) is 22.8 Å². The quantitative estimate of drug-likeness (QED) is 0.300. The Bertz CT molecular complexity index is 1950. The van der Waals surface area contributed by atoms with Gasteiger partial charge >= 0.3 is 6.09 Å². The molecule has 0 spiro atoms. The Morgan fingerprint density at radius 1 is 1.02 bits per heavy atom. The van der Waals surface area contributed by atoms with Gasteiger partial charge in [-0.15, -0.1) is 0 Å². The van der Waals surface area contributed by atoms with Crippen LogP contribution in [-0.4, -0.2) is 54.2 Å². The number of H-pyrrole nitrogens is 1. The summed E-state index contributed by atoms with van der Waals surface area (Å²) < 4.78 is 32.2. The third-order valence-electron chi connectivity index (χ3n) is 8.18. The van der Waals surface area contributed by atoms with Crippen molar-refractivity contribution in [3.8, 4) is 0 Å². The minimum Gasteiger partial charge on any atom is -0.449 e. The number of carbonyl (C=O) groups excluding carboxylic acids is 2. The summed E-state index contributed by atoms with van der Waals surface area (Å²) in [5, 5.41) is 5.93. The molecule has 3 heterocycles. The number of aromatic amines is 1. The minimum absolute atomic E-state index is 0.0295. The van der Waals surface area contributed by atoms with E-state index in [-0.39, 0.29) is 35.4 Å². The average Bonchev–Trinajstić information content (AvgIpc) is 3.85. The van der Waals surface area contributed by atoms with Crippen molar-refractivity contribution in [1.29, 1.82) is 0 Å². The Morgan fingerprint density at radius 2 is 1.82 bits per heavy atom. The molecule has 44 heavy (non-hydrogen) atoms. The van der Waals surface area contributed by atoms with E-state index in [1.165, 1.54) is 23.4 Å². The van der Waals surface area contributed by atoms with Crippen molar-refractivity contribution < 1.29 is 22.7 Å². The lowest BCUT2D eigenvalue weighted by Gasteiger charge is -2.28. The van der Waals surface area contributed by atoms with Gasteiger partial charge in [-0.25, -0.2) is 18.2 Å². The molecule has 3 aromatic carbocycles. The predicted octanol–water partition coefficient (Wildman–Crippen LogP) is 4.65. The number of likely N-dealkylation sites (N-methyl/N-ethyl adjacent to an activating group) is 1. The second-order valence-electron chi connectivity index (χ2n) is 11.5. The largest absolute Gasteiger partial charge is 0.449 e. The van der Waals surface area contributed by atoms with Crippen molar-refractivity contribution in [2.75, 3.05) is 24.3 Å². The Labute approximate surface area is 254 Å². The SMILES string of the molecule is Cc1cc2ccc1[C@@H](C)COC(=O)Nc1ccc(S(=O)(=O)C3CC3)c(c1)CN(C)C(=O)[C@@H]2Nc1ccc2nc[nH]c(=O)c2c1. The monoisotopic (exact) mass is 615 g/mol. The Hall–Kier alpha value is -4.71. The lowest BCUT2D eigenvalue weighted by Crippen LogP contribution is -2.35. The van der Waals surface area contributed by atoms with Gasteiger partial charge in [-0.2, -0.15) is 0 Å². The number of hydrogen-bond acceptors (Lipinski definition) is 8. The Morgan fingerprint density at radius 3 is 2.57 bits per heavy atom.